The Balaban J connectivity index is 1.42. The molecule has 1 saturated heterocycles. The van der Waals surface area contributed by atoms with Crippen molar-refractivity contribution in [2.75, 3.05) is 0 Å². The molecule has 20 heavy (non-hydrogen) atoms. The summed E-state index contributed by atoms with van der Waals surface area (Å²) < 4.78 is 0. The number of hydrogen-bond donors (Lipinski definition) is 2. The van der Waals surface area contributed by atoms with E-state index in [0.29, 0.717) is 0 Å². The smallest absolute Gasteiger partial charge is 0.0321 e. The molecule has 0 radical (unpaired) electrons. The van der Waals surface area contributed by atoms with Gasteiger partial charge < -0.3 is 10.6 Å². The maximum Gasteiger partial charge on any atom is 0.0321 e. The Bertz CT molecular complexity index is 418. The zero-order valence-electron chi connectivity index (χ0n) is 12.4. The zero-order valence-corrected chi connectivity index (χ0v) is 12.4. The molecule has 110 valence electrons. The van der Waals surface area contributed by atoms with Crippen molar-refractivity contribution < 1.29 is 0 Å². The lowest BCUT2D eigenvalue weighted by Crippen LogP contribution is -2.48. The molecule has 2 nitrogen and oxygen atoms in total. The van der Waals surface area contributed by atoms with Crippen molar-refractivity contribution in [1.82, 2.24) is 10.6 Å². The fourth-order valence-electron chi connectivity index (χ4n) is 6.66. The molecule has 0 aromatic heterocycles. The van der Waals surface area contributed by atoms with E-state index in [1.807, 2.05) is 0 Å². The molecule has 8 atom stereocenters. The minimum Gasteiger partial charge on any atom is -0.388 e. The van der Waals surface area contributed by atoms with E-state index in [4.69, 9.17) is 0 Å². The first kappa shape index (κ1) is 12.1. The van der Waals surface area contributed by atoms with Crippen LogP contribution in [0.15, 0.2) is 12.3 Å². The quantitative estimate of drug-likeness (QED) is 0.708. The first-order chi connectivity index (χ1) is 9.90. The second kappa shape index (κ2) is 4.50. The molecule has 8 unspecified atom stereocenters. The van der Waals surface area contributed by atoms with Crippen LogP contribution in [0.4, 0.5) is 0 Å². The highest BCUT2D eigenvalue weighted by atomic mass is 15.0. The average molecular weight is 272 g/mol. The second-order valence-corrected chi connectivity index (χ2v) is 8.17. The molecule has 0 spiro atoms. The molecule has 4 fully saturated rings. The predicted molar refractivity (Wildman–Crippen MR) is 81.2 cm³/mol. The van der Waals surface area contributed by atoms with Crippen molar-refractivity contribution in [2.24, 2.45) is 29.6 Å². The van der Waals surface area contributed by atoms with Crippen LogP contribution in [-0.2, 0) is 0 Å². The van der Waals surface area contributed by atoms with Crippen LogP contribution >= 0.6 is 0 Å². The van der Waals surface area contributed by atoms with E-state index in [1.165, 1.54) is 51.4 Å². The van der Waals surface area contributed by atoms with E-state index >= 15 is 0 Å². The van der Waals surface area contributed by atoms with Gasteiger partial charge in [-0.15, -0.1) is 0 Å². The summed E-state index contributed by atoms with van der Waals surface area (Å²) in [5.41, 5.74) is 0. The van der Waals surface area contributed by atoms with Gasteiger partial charge in [-0.25, -0.2) is 0 Å². The number of nitrogens with one attached hydrogen (secondary N) is 2. The summed E-state index contributed by atoms with van der Waals surface area (Å²) in [6, 6.07) is 2.53. The molecule has 2 aliphatic heterocycles. The van der Waals surface area contributed by atoms with E-state index < -0.39 is 0 Å². The largest absolute Gasteiger partial charge is 0.388 e. The summed E-state index contributed by atoms with van der Waals surface area (Å²) in [7, 11) is 0. The summed E-state index contributed by atoms with van der Waals surface area (Å²) in [4.78, 5) is 0. The van der Waals surface area contributed by atoms with Gasteiger partial charge in [0.15, 0.2) is 0 Å². The molecule has 3 aliphatic carbocycles. The van der Waals surface area contributed by atoms with Gasteiger partial charge >= 0.3 is 0 Å². The Kier molecular flexibility index (Phi) is 2.72. The van der Waals surface area contributed by atoms with Crippen molar-refractivity contribution in [3.05, 3.63) is 12.3 Å². The molecule has 0 aromatic carbocycles. The third kappa shape index (κ3) is 1.66. The Morgan fingerprint density at radius 2 is 1.75 bits per heavy atom. The van der Waals surface area contributed by atoms with E-state index in [0.717, 1.165) is 47.7 Å². The molecular weight excluding hydrogens is 244 g/mol. The third-order valence-electron chi connectivity index (χ3n) is 7.43. The number of rotatable bonds is 0. The monoisotopic (exact) mass is 272 g/mol. The van der Waals surface area contributed by atoms with Gasteiger partial charge in [-0.3, -0.25) is 0 Å². The summed E-state index contributed by atoms with van der Waals surface area (Å²) in [6.07, 6.45) is 16.5. The van der Waals surface area contributed by atoms with Gasteiger partial charge in [-0.1, -0.05) is 18.9 Å². The van der Waals surface area contributed by atoms with Crippen LogP contribution in [0, 0.1) is 29.6 Å². The van der Waals surface area contributed by atoms with Crippen LogP contribution in [0.5, 0.6) is 0 Å². The van der Waals surface area contributed by atoms with Crippen LogP contribution in [-0.4, -0.2) is 18.1 Å². The highest BCUT2D eigenvalue weighted by molar-refractivity contribution is 5.12. The molecule has 2 heteroatoms. The summed E-state index contributed by atoms with van der Waals surface area (Å²) in [5, 5.41) is 7.69. The highest BCUT2D eigenvalue weighted by Gasteiger charge is 2.53. The molecule has 0 amide bonds. The van der Waals surface area contributed by atoms with Gasteiger partial charge in [0.2, 0.25) is 0 Å². The van der Waals surface area contributed by atoms with E-state index in [9.17, 15) is 0 Å². The fourth-order valence-corrected chi connectivity index (χ4v) is 6.66. The van der Waals surface area contributed by atoms with E-state index in [-0.39, 0.29) is 0 Å². The molecule has 2 N–H and O–H groups in total. The Morgan fingerprint density at radius 1 is 0.800 bits per heavy atom. The standard InChI is InChI=1S/C18H28N2/c1-2-4-15-13(3-1)18-14-10-17-12(7-8-19-17)9-11(14)5-6-16(18)20-15/h7-8,11-20H,1-6,9-10H2. The number of fused-ring (bicyclic) bond motifs is 6. The fraction of sp³-hybridized carbons (Fsp3) is 0.889. The molecule has 0 bridgehead atoms. The van der Waals surface area contributed by atoms with Crippen molar-refractivity contribution in [3.8, 4) is 0 Å². The Morgan fingerprint density at radius 3 is 2.75 bits per heavy atom. The van der Waals surface area contributed by atoms with Crippen LogP contribution in [0.25, 0.3) is 0 Å². The number of hydrogen-bond acceptors (Lipinski definition) is 2. The van der Waals surface area contributed by atoms with E-state index in [1.54, 1.807) is 0 Å². The molecule has 0 aromatic rings. The van der Waals surface area contributed by atoms with Crippen molar-refractivity contribution in [2.45, 2.75) is 69.5 Å². The van der Waals surface area contributed by atoms with Crippen molar-refractivity contribution >= 4 is 0 Å². The van der Waals surface area contributed by atoms with Crippen molar-refractivity contribution in [1.29, 1.82) is 0 Å². The van der Waals surface area contributed by atoms with Gasteiger partial charge in [0.1, 0.15) is 0 Å². The van der Waals surface area contributed by atoms with Crippen LogP contribution in [0.1, 0.15) is 51.4 Å². The van der Waals surface area contributed by atoms with Gasteiger partial charge in [-0.05, 0) is 74.3 Å². The summed E-state index contributed by atoms with van der Waals surface area (Å²) in [5.74, 6) is 4.94. The van der Waals surface area contributed by atoms with Crippen LogP contribution < -0.4 is 10.6 Å². The average Bonchev–Trinajstić information content (AvgIpc) is 3.08. The normalized spacial score (nSPS) is 56.4. The lowest BCUT2D eigenvalue weighted by Gasteiger charge is -2.48. The molecule has 5 rings (SSSR count). The zero-order chi connectivity index (χ0) is 13.1. The highest BCUT2D eigenvalue weighted by Crippen LogP contribution is 2.54. The van der Waals surface area contributed by atoms with Crippen LogP contribution in [0.2, 0.25) is 0 Å². The Hall–Kier alpha value is -0.500. The van der Waals surface area contributed by atoms with Gasteiger partial charge in [0, 0.05) is 18.1 Å². The second-order valence-electron chi connectivity index (χ2n) is 8.17. The predicted octanol–water partition coefficient (Wildman–Crippen LogP) is 3.05. The summed E-state index contributed by atoms with van der Waals surface area (Å²) in [6.45, 7) is 0. The van der Waals surface area contributed by atoms with E-state index in [2.05, 4.69) is 22.9 Å². The van der Waals surface area contributed by atoms with Gasteiger partial charge in [0.25, 0.3) is 0 Å². The molecule has 5 aliphatic rings. The summed E-state index contributed by atoms with van der Waals surface area (Å²) >= 11 is 0. The van der Waals surface area contributed by atoms with Gasteiger partial charge in [-0.2, -0.15) is 0 Å². The van der Waals surface area contributed by atoms with Gasteiger partial charge in [0.05, 0.1) is 0 Å². The van der Waals surface area contributed by atoms with Crippen LogP contribution in [0.3, 0.4) is 0 Å². The third-order valence-corrected chi connectivity index (χ3v) is 7.43. The lowest BCUT2D eigenvalue weighted by atomic mass is 9.57. The molecule has 2 heterocycles. The lowest BCUT2D eigenvalue weighted by molar-refractivity contribution is 0.0409. The topological polar surface area (TPSA) is 24.1 Å². The minimum atomic E-state index is 0.776. The maximum atomic E-state index is 4.05. The SMILES string of the molecule is C1=CC2CC3CCC4NC5CCCCC5C4C3CC2N1. The van der Waals surface area contributed by atoms with Crippen molar-refractivity contribution in [3.63, 3.8) is 0 Å². The molecular formula is C18H28N2. The first-order valence-electron chi connectivity index (χ1n) is 9.09. The Labute approximate surface area is 122 Å². The minimum absolute atomic E-state index is 0.776. The first-order valence-corrected chi connectivity index (χ1v) is 9.09. The molecule has 3 saturated carbocycles. The maximum absolute atomic E-state index is 4.05.